The first-order valence-corrected chi connectivity index (χ1v) is 8.38. The number of rotatable bonds is 4. The van der Waals surface area contributed by atoms with Gasteiger partial charge in [-0.15, -0.1) is 0 Å². The molecule has 0 bridgehead atoms. The van der Waals surface area contributed by atoms with Gasteiger partial charge in [-0.2, -0.15) is 0 Å². The number of benzene rings is 1. The summed E-state index contributed by atoms with van der Waals surface area (Å²) in [6, 6.07) is 7.30. The first-order chi connectivity index (χ1) is 9.12. The summed E-state index contributed by atoms with van der Waals surface area (Å²) < 4.78 is 30.0. The van der Waals surface area contributed by atoms with Crippen molar-refractivity contribution < 1.29 is 13.2 Å². The van der Waals surface area contributed by atoms with Crippen molar-refractivity contribution >= 4 is 9.84 Å². The fourth-order valence-electron chi connectivity index (χ4n) is 2.46. The van der Waals surface area contributed by atoms with Gasteiger partial charge in [0.2, 0.25) is 0 Å². The van der Waals surface area contributed by atoms with Crippen LogP contribution in [0.15, 0.2) is 24.3 Å². The van der Waals surface area contributed by atoms with E-state index in [2.05, 4.69) is 5.32 Å². The van der Waals surface area contributed by atoms with Gasteiger partial charge in [0.25, 0.3) is 0 Å². The number of hydrogen-bond acceptors (Lipinski definition) is 4. The van der Waals surface area contributed by atoms with Crippen LogP contribution in [0.2, 0.25) is 0 Å². The number of hydrogen-bond donors (Lipinski definition) is 1. The smallest absolute Gasteiger partial charge is 0.157 e. The van der Waals surface area contributed by atoms with Crippen LogP contribution in [0.5, 0.6) is 5.75 Å². The van der Waals surface area contributed by atoms with Crippen LogP contribution < -0.4 is 10.1 Å². The molecular formula is C14H21NO3S. The van der Waals surface area contributed by atoms with Crippen molar-refractivity contribution in [1.29, 1.82) is 0 Å². The highest BCUT2D eigenvalue weighted by atomic mass is 32.2. The van der Waals surface area contributed by atoms with E-state index in [-0.39, 0.29) is 11.0 Å². The first kappa shape index (κ1) is 14.3. The van der Waals surface area contributed by atoms with E-state index in [1.165, 1.54) is 0 Å². The Bertz CT molecular complexity index is 505. The highest BCUT2D eigenvalue weighted by Gasteiger charge is 2.26. The zero-order valence-electron chi connectivity index (χ0n) is 11.3. The van der Waals surface area contributed by atoms with Crippen molar-refractivity contribution in [3.05, 3.63) is 29.8 Å². The van der Waals surface area contributed by atoms with Gasteiger partial charge in [0, 0.05) is 0 Å². The minimum absolute atomic E-state index is 0.106. The zero-order chi connectivity index (χ0) is 13.7. The maximum atomic E-state index is 12.4. The molecule has 4 nitrogen and oxygen atoms in total. The van der Waals surface area contributed by atoms with Gasteiger partial charge in [0.1, 0.15) is 5.75 Å². The highest BCUT2D eigenvalue weighted by molar-refractivity contribution is 7.91. The summed E-state index contributed by atoms with van der Waals surface area (Å²) in [4.78, 5) is 0. The molecule has 1 N–H and O–H groups in total. The zero-order valence-corrected chi connectivity index (χ0v) is 12.1. The van der Waals surface area contributed by atoms with Gasteiger partial charge in [0.05, 0.1) is 18.1 Å². The van der Waals surface area contributed by atoms with Crippen LogP contribution in [-0.4, -0.2) is 33.9 Å². The van der Waals surface area contributed by atoms with Crippen molar-refractivity contribution in [3.63, 3.8) is 0 Å². The van der Waals surface area contributed by atoms with Gasteiger partial charge in [-0.25, -0.2) is 8.42 Å². The maximum absolute atomic E-state index is 12.4. The number of nitrogens with one attached hydrogen (secondary N) is 1. The molecular weight excluding hydrogens is 262 g/mol. The molecule has 19 heavy (non-hydrogen) atoms. The Labute approximate surface area is 115 Å². The van der Waals surface area contributed by atoms with Gasteiger partial charge in [-0.05, 0) is 50.0 Å². The Balaban J connectivity index is 2.10. The monoisotopic (exact) mass is 283 g/mol. The molecule has 1 unspecified atom stereocenters. The number of sulfone groups is 1. The van der Waals surface area contributed by atoms with Crippen LogP contribution in [0.3, 0.4) is 0 Å². The number of ether oxygens (including phenoxy) is 1. The van der Waals surface area contributed by atoms with E-state index in [0.29, 0.717) is 12.2 Å². The third-order valence-corrected chi connectivity index (χ3v) is 5.76. The van der Waals surface area contributed by atoms with Gasteiger partial charge >= 0.3 is 0 Å². The fraction of sp³-hybridized carbons (Fsp3) is 0.571. The highest BCUT2D eigenvalue weighted by Crippen LogP contribution is 2.21. The average molecular weight is 283 g/mol. The van der Waals surface area contributed by atoms with Crippen molar-refractivity contribution in [3.8, 4) is 5.75 Å². The van der Waals surface area contributed by atoms with Crippen molar-refractivity contribution in [2.24, 2.45) is 0 Å². The molecule has 5 heteroatoms. The van der Waals surface area contributed by atoms with Gasteiger partial charge in [0.15, 0.2) is 9.84 Å². The molecule has 1 aliphatic rings. The van der Waals surface area contributed by atoms with E-state index in [0.717, 1.165) is 31.5 Å². The lowest BCUT2D eigenvalue weighted by Gasteiger charge is -2.15. The summed E-state index contributed by atoms with van der Waals surface area (Å²) >= 11 is 0. The Morgan fingerprint density at radius 1 is 1.32 bits per heavy atom. The first-order valence-electron chi connectivity index (χ1n) is 6.67. The Morgan fingerprint density at radius 3 is 2.95 bits per heavy atom. The molecule has 0 aliphatic carbocycles. The van der Waals surface area contributed by atoms with Crippen LogP contribution in [-0.2, 0) is 15.6 Å². The minimum atomic E-state index is -3.08. The van der Waals surface area contributed by atoms with Crippen molar-refractivity contribution in [2.45, 2.75) is 30.3 Å². The van der Waals surface area contributed by atoms with Crippen LogP contribution in [0, 0.1) is 0 Å². The molecule has 0 radical (unpaired) electrons. The third kappa shape index (κ3) is 3.94. The molecule has 106 valence electrons. The molecule has 1 fully saturated rings. The second-order valence-corrected chi connectivity index (χ2v) is 7.24. The molecule has 1 aromatic carbocycles. The molecule has 1 saturated heterocycles. The molecule has 0 saturated carbocycles. The van der Waals surface area contributed by atoms with Crippen molar-refractivity contribution in [1.82, 2.24) is 5.32 Å². The Kier molecular flexibility index (Phi) is 4.82. The Morgan fingerprint density at radius 2 is 2.16 bits per heavy atom. The lowest BCUT2D eigenvalue weighted by Crippen LogP contribution is -2.24. The van der Waals surface area contributed by atoms with Crippen molar-refractivity contribution in [2.75, 3.05) is 20.2 Å². The summed E-state index contributed by atoms with van der Waals surface area (Å²) in [5.74, 6) is 0.810. The van der Waals surface area contributed by atoms with Gasteiger partial charge < -0.3 is 10.1 Å². The summed E-state index contributed by atoms with van der Waals surface area (Å²) in [6.45, 7) is 1.72. The lowest BCUT2D eigenvalue weighted by molar-refractivity contribution is 0.414. The molecule has 2 rings (SSSR count). The molecule has 1 heterocycles. The van der Waals surface area contributed by atoms with Crippen LogP contribution in [0.25, 0.3) is 0 Å². The van der Waals surface area contributed by atoms with E-state index in [1.54, 1.807) is 13.2 Å². The van der Waals surface area contributed by atoms with E-state index in [1.807, 2.05) is 18.2 Å². The molecule has 1 aliphatic heterocycles. The lowest BCUT2D eigenvalue weighted by atomic mass is 10.2. The second kappa shape index (κ2) is 6.39. The fourth-order valence-corrected chi connectivity index (χ4v) is 4.34. The summed E-state index contributed by atoms with van der Waals surface area (Å²) in [5, 5.41) is 3.03. The third-order valence-electron chi connectivity index (χ3n) is 3.53. The van der Waals surface area contributed by atoms with E-state index < -0.39 is 9.84 Å². The normalized spacial score (nSPS) is 20.8. The van der Waals surface area contributed by atoms with Crippen LogP contribution >= 0.6 is 0 Å². The van der Waals surface area contributed by atoms with E-state index in [4.69, 9.17) is 4.74 Å². The topological polar surface area (TPSA) is 55.4 Å². The quantitative estimate of drug-likeness (QED) is 0.914. The summed E-state index contributed by atoms with van der Waals surface area (Å²) in [7, 11) is -1.49. The summed E-state index contributed by atoms with van der Waals surface area (Å²) in [5.41, 5.74) is 0.802. The predicted molar refractivity (Wildman–Crippen MR) is 76.1 cm³/mol. The minimum Gasteiger partial charge on any atom is -0.497 e. The van der Waals surface area contributed by atoms with E-state index in [9.17, 15) is 8.42 Å². The molecule has 0 spiro atoms. The second-order valence-electron chi connectivity index (χ2n) is 4.96. The molecule has 0 amide bonds. The van der Waals surface area contributed by atoms with Crippen LogP contribution in [0.4, 0.5) is 0 Å². The Hall–Kier alpha value is -1.07. The molecule has 1 atom stereocenters. The molecule has 1 aromatic rings. The van der Waals surface area contributed by atoms with Gasteiger partial charge in [-0.1, -0.05) is 12.1 Å². The standard InChI is InChI=1S/C14H21NO3S/c1-18-13-5-2-4-12(10-13)11-19(16,17)14-6-3-8-15-9-7-14/h2,4-5,10,14-15H,3,6-9,11H2,1H3. The average Bonchev–Trinajstić information content (AvgIpc) is 2.68. The summed E-state index contributed by atoms with van der Waals surface area (Å²) in [6.07, 6.45) is 2.41. The SMILES string of the molecule is COc1cccc(CS(=O)(=O)C2CCCNCC2)c1. The molecule has 0 aromatic heterocycles. The van der Waals surface area contributed by atoms with Crippen LogP contribution in [0.1, 0.15) is 24.8 Å². The largest absolute Gasteiger partial charge is 0.497 e. The van der Waals surface area contributed by atoms with Gasteiger partial charge in [-0.3, -0.25) is 0 Å². The predicted octanol–water partition coefficient (Wildman–Crippen LogP) is 1.75. The number of methoxy groups -OCH3 is 1. The van der Waals surface area contributed by atoms with E-state index >= 15 is 0 Å². The maximum Gasteiger partial charge on any atom is 0.157 e.